The van der Waals surface area contributed by atoms with Crippen LogP contribution in [0.15, 0.2) is 0 Å². The van der Waals surface area contributed by atoms with Crippen molar-refractivity contribution in [3.8, 4) is 0 Å². The first-order chi connectivity index (χ1) is 11.0. The number of aromatic nitrogens is 3. The van der Waals surface area contributed by atoms with Crippen LogP contribution in [0.5, 0.6) is 0 Å². The highest BCUT2D eigenvalue weighted by atomic mass is 16.5. The van der Waals surface area contributed by atoms with Crippen LogP contribution in [0.4, 0.5) is 0 Å². The third-order valence-electron chi connectivity index (χ3n) is 4.01. The molecule has 0 saturated carbocycles. The van der Waals surface area contributed by atoms with E-state index in [-0.39, 0.29) is 30.4 Å². The Morgan fingerprint density at radius 1 is 1.43 bits per heavy atom. The maximum absolute atomic E-state index is 12.3. The summed E-state index contributed by atoms with van der Waals surface area (Å²) in [4.78, 5) is 30.2. The van der Waals surface area contributed by atoms with Crippen molar-refractivity contribution in [1.29, 1.82) is 0 Å². The van der Waals surface area contributed by atoms with E-state index in [1.165, 1.54) is 0 Å². The molecule has 1 saturated heterocycles. The second-order valence-corrected chi connectivity index (χ2v) is 5.80. The standard InChI is InChI=1S/C15H25N5O3/c1-4-23-9-13(21)20-7-5-12(6-8-20)15(22)16-10(2)14-17-11(3)18-19-14/h10,12H,4-9H2,1-3H3,(H,16,22)(H,17,18,19)/t10-/m1/s1. The van der Waals surface area contributed by atoms with E-state index in [1.54, 1.807) is 4.90 Å². The number of carbonyl (C=O) groups excluding carboxylic acids is 2. The third-order valence-corrected chi connectivity index (χ3v) is 4.01. The number of nitrogens with one attached hydrogen (secondary N) is 2. The van der Waals surface area contributed by atoms with Crippen LogP contribution < -0.4 is 5.32 Å². The predicted molar refractivity (Wildman–Crippen MR) is 83.5 cm³/mol. The Morgan fingerprint density at radius 3 is 2.70 bits per heavy atom. The molecule has 1 aliphatic rings. The normalized spacial score (nSPS) is 17.1. The van der Waals surface area contributed by atoms with Crippen molar-refractivity contribution >= 4 is 11.8 Å². The Morgan fingerprint density at radius 2 is 2.13 bits per heavy atom. The van der Waals surface area contributed by atoms with Crippen LogP contribution in [0.3, 0.4) is 0 Å². The number of aromatic amines is 1. The summed E-state index contributed by atoms with van der Waals surface area (Å²) in [6.45, 7) is 7.38. The molecule has 1 aromatic heterocycles. The van der Waals surface area contributed by atoms with E-state index in [0.717, 1.165) is 5.82 Å². The van der Waals surface area contributed by atoms with Crippen LogP contribution in [0, 0.1) is 12.8 Å². The molecule has 0 aromatic carbocycles. The molecular formula is C15H25N5O3. The molecule has 8 nitrogen and oxygen atoms in total. The van der Waals surface area contributed by atoms with Crippen LogP contribution in [-0.2, 0) is 14.3 Å². The van der Waals surface area contributed by atoms with E-state index in [9.17, 15) is 9.59 Å². The fraction of sp³-hybridized carbons (Fsp3) is 0.733. The molecule has 2 heterocycles. The van der Waals surface area contributed by atoms with Crippen LogP contribution in [-0.4, -0.2) is 58.2 Å². The lowest BCUT2D eigenvalue weighted by Crippen LogP contribution is -2.44. The molecule has 0 spiro atoms. The maximum Gasteiger partial charge on any atom is 0.248 e. The van der Waals surface area contributed by atoms with Gasteiger partial charge in [0, 0.05) is 25.6 Å². The highest BCUT2D eigenvalue weighted by Gasteiger charge is 2.28. The largest absolute Gasteiger partial charge is 0.372 e. The van der Waals surface area contributed by atoms with Crippen molar-refractivity contribution < 1.29 is 14.3 Å². The number of H-pyrrole nitrogens is 1. The summed E-state index contributed by atoms with van der Waals surface area (Å²) in [5.41, 5.74) is 0. The number of piperidine rings is 1. The fourth-order valence-electron chi connectivity index (χ4n) is 2.62. The number of nitrogens with zero attached hydrogens (tertiary/aromatic N) is 3. The summed E-state index contributed by atoms with van der Waals surface area (Å²) in [5.74, 6) is 1.23. The van der Waals surface area contributed by atoms with E-state index in [2.05, 4.69) is 20.5 Å². The van der Waals surface area contributed by atoms with Crippen LogP contribution >= 0.6 is 0 Å². The number of likely N-dealkylation sites (tertiary alicyclic amines) is 1. The van der Waals surface area contributed by atoms with Crippen LogP contribution in [0.2, 0.25) is 0 Å². The minimum absolute atomic E-state index is 0.00291. The lowest BCUT2D eigenvalue weighted by Gasteiger charge is -2.31. The average molecular weight is 323 g/mol. The first-order valence-electron chi connectivity index (χ1n) is 8.06. The van der Waals surface area contributed by atoms with Gasteiger partial charge in [0.2, 0.25) is 11.8 Å². The zero-order chi connectivity index (χ0) is 16.8. The molecule has 23 heavy (non-hydrogen) atoms. The molecule has 8 heteroatoms. The fourth-order valence-corrected chi connectivity index (χ4v) is 2.62. The second kappa shape index (κ2) is 8.05. The van der Waals surface area contributed by atoms with Crippen molar-refractivity contribution in [2.24, 2.45) is 5.92 Å². The first-order valence-corrected chi connectivity index (χ1v) is 8.06. The van der Waals surface area contributed by atoms with Crippen LogP contribution in [0.25, 0.3) is 0 Å². The smallest absolute Gasteiger partial charge is 0.248 e. The molecule has 2 N–H and O–H groups in total. The highest BCUT2D eigenvalue weighted by molar-refractivity contribution is 5.80. The van der Waals surface area contributed by atoms with Crippen LogP contribution in [0.1, 0.15) is 44.4 Å². The first kappa shape index (κ1) is 17.4. The van der Waals surface area contributed by atoms with Gasteiger partial charge in [-0.25, -0.2) is 4.98 Å². The minimum atomic E-state index is -0.231. The Bertz CT molecular complexity index is 537. The predicted octanol–water partition coefficient (Wildman–Crippen LogP) is 0.565. The Balaban J connectivity index is 1.78. The Labute approximate surface area is 136 Å². The number of hydrogen-bond acceptors (Lipinski definition) is 5. The number of hydrogen-bond donors (Lipinski definition) is 2. The van der Waals surface area contributed by atoms with E-state index in [1.807, 2.05) is 20.8 Å². The lowest BCUT2D eigenvalue weighted by atomic mass is 9.95. The Kier molecular flexibility index (Phi) is 6.09. The molecule has 1 fully saturated rings. The van der Waals surface area contributed by atoms with Crippen molar-refractivity contribution in [2.75, 3.05) is 26.3 Å². The van der Waals surface area contributed by atoms with E-state index < -0.39 is 0 Å². The van der Waals surface area contributed by atoms with Crippen molar-refractivity contribution in [1.82, 2.24) is 25.4 Å². The number of amides is 2. The molecule has 0 radical (unpaired) electrons. The van der Waals surface area contributed by atoms with Crippen molar-refractivity contribution in [3.05, 3.63) is 11.6 Å². The molecular weight excluding hydrogens is 298 g/mol. The summed E-state index contributed by atoms with van der Waals surface area (Å²) in [7, 11) is 0. The second-order valence-electron chi connectivity index (χ2n) is 5.80. The lowest BCUT2D eigenvalue weighted by molar-refractivity contribution is -0.139. The van der Waals surface area contributed by atoms with E-state index in [0.29, 0.717) is 38.4 Å². The SMILES string of the molecule is CCOCC(=O)N1CCC(C(=O)N[C@H](C)c2n[nH]c(C)n2)CC1. The number of ether oxygens (including phenoxy) is 1. The zero-order valence-electron chi connectivity index (χ0n) is 14.0. The molecule has 0 aliphatic carbocycles. The van der Waals surface area contributed by atoms with Gasteiger partial charge in [0.25, 0.3) is 0 Å². The average Bonchev–Trinajstić information content (AvgIpc) is 2.99. The summed E-state index contributed by atoms with van der Waals surface area (Å²) < 4.78 is 5.14. The molecule has 0 bridgehead atoms. The quantitative estimate of drug-likeness (QED) is 0.797. The van der Waals surface area contributed by atoms with Gasteiger partial charge in [-0.1, -0.05) is 0 Å². The van der Waals surface area contributed by atoms with E-state index >= 15 is 0 Å². The topological polar surface area (TPSA) is 100 Å². The molecule has 1 aliphatic heterocycles. The number of carbonyl (C=O) groups is 2. The van der Waals surface area contributed by atoms with Crippen molar-refractivity contribution in [2.45, 2.75) is 39.7 Å². The summed E-state index contributed by atoms with van der Waals surface area (Å²) >= 11 is 0. The minimum Gasteiger partial charge on any atom is -0.372 e. The molecule has 128 valence electrons. The Hall–Kier alpha value is -1.96. The van der Waals surface area contributed by atoms with Gasteiger partial charge in [0.05, 0.1) is 6.04 Å². The van der Waals surface area contributed by atoms with Gasteiger partial charge in [-0.3, -0.25) is 14.7 Å². The highest BCUT2D eigenvalue weighted by Crippen LogP contribution is 2.19. The van der Waals surface area contributed by atoms with Gasteiger partial charge in [-0.2, -0.15) is 5.10 Å². The number of aryl methyl sites for hydroxylation is 1. The van der Waals surface area contributed by atoms with E-state index in [4.69, 9.17) is 4.74 Å². The molecule has 1 atom stereocenters. The van der Waals surface area contributed by atoms with Gasteiger partial charge in [-0.15, -0.1) is 0 Å². The monoisotopic (exact) mass is 323 g/mol. The van der Waals surface area contributed by atoms with Gasteiger partial charge >= 0.3 is 0 Å². The molecule has 1 aromatic rings. The summed E-state index contributed by atoms with van der Waals surface area (Å²) in [6, 6.07) is -0.231. The molecule has 0 unspecified atom stereocenters. The summed E-state index contributed by atoms with van der Waals surface area (Å²) in [5, 5.41) is 9.77. The van der Waals surface area contributed by atoms with Gasteiger partial charge in [-0.05, 0) is 33.6 Å². The van der Waals surface area contributed by atoms with Gasteiger partial charge in [0.1, 0.15) is 12.4 Å². The number of rotatable bonds is 6. The summed E-state index contributed by atoms with van der Waals surface area (Å²) in [6.07, 6.45) is 1.34. The molecule has 2 amide bonds. The van der Waals surface area contributed by atoms with Gasteiger partial charge < -0.3 is 15.0 Å². The molecule has 2 rings (SSSR count). The van der Waals surface area contributed by atoms with Crippen molar-refractivity contribution in [3.63, 3.8) is 0 Å². The van der Waals surface area contributed by atoms with Gasteiger partial charge in [0.15, 0.2) is 5.82 Å². The zero-order valence-corrected chi connectivity index (χ0v) is 14.0. The third kappa shape index (κ3) is 4.75. The maximum atomic E-state index is 12.3.